The zero-order valence-electron chi connectivity index (χ0n) is 5.32. The van der Waals surface area contributed by atoms with E-state index in [-0.39, 0.29) is 28.6 Å². The first-order valence-corrected chi connectivity index (χ1v) is 3.42. The third kappa shape index (κ3) is 39.1. The molecule has 0 amide bonds. The van der Waals surface area contributed by atoms with Crippen LogP contribution in [0.4, 0.5) is 0 Å². The molecule has 0 atom stereocenters. The van der Waals surface area contributed by atoms with Crippen LogP contribution in [0.1, 0.15) is 0 Å². The van der Waals surface area contributed by atoms with Gasteiger partial charge in [0.05, 0.1) is 11.9 Å². The molecule has 65 valence electrons. The Bertz CT molecular complexity index is 105. The molecule has 7 heteroatoms. The summed E-state index contributed by atoms with van der Waals surface area (Å²) in [6.07, 6.45) is 0. The first kappa shape index (κ1) is 17.3. The van der Waals surface area contributed by atoms with Crippen molar-refractivity contribution in [2.45, 2.75) is 0 Å². The van der Waals surface area contributed by atoms with E-state index in [2.05, 4.69) is 25.3 Å². The Kier molecular flexibility index (Phi) is 20.1. The maximum Gasteiger partial charge on any atom is 2.00 e. The van der Waals surface area contributed by atoms with Crippen LogP contribution < -0.4 is 10.2 Å². The monoisotopic (exact) mass is 237 g/mol. The number of hydrogen-bond acceptors (Lipinski definition) is 6. The van der Waals surface area contributed by atoms with E-state index >= 15 is 0 Å². The quantitative estimate of drug-likeness (QED) is 0.405. The van der Waals surface area contributed by atoms with Gasteiger partial charge in [0.2, 0.25) is 0 Å². The van der Waals surface area contributed by atoms with Crippen LogP contribution >= 0.6 is 25.3 Å². The Labute approximate surface area is 85.7 Å². The number of carbonyl (C=O) groups excluding carboxylic acids is 2. The molecule has 0 unspecified atom stereocenters. The SMILES string of the molecule is O=C([O-])CS.O=C([O-])CS.[Mn+2]. The fraction of sp³-hybridized carbons (Fsp3) is 0.500. The topological polar surface area (TPSA) is 80.3 Å². The smallest absolute Gasteiger partial charge is 0.549 e. The van der Waals surface area contributed by atoms with E-state index in [1.165, 1.54) is 0 Å². The maximum atomic E-state index is 9.18. The van der Waals surface area contributed by atoms with E-state index in [4.69, 9.17) is 0 Å². The van der Waals surface area contributed by atoms with Crippen molar-refractivity contribution in [3.63, 3.8) is 0 Å². The molecule has 0 saturated carbocycles. The molecule has 0 N–H and O–H groups in total. The summed E-state index contributed by atoms with van der Waals surface area (Å²) >= 11 is 6.71. The van der Waals surface area contributed by atoms with Crippen molar-refractivity contribution in [2.75, 3.05) is 11.5 Å². The summed E-state index contributed by atoms with van der Waals surface area (Å²) in [6, 6.07) is 0. The van der Waals surface area contributed by atoms with E-state index in [0.717, 1.165) is 0 Å². The summed E-state index contributed by atoms with van der Waals surface area (Å²) in [5.41, 5.74) is 0. The molecule has 0 spiro atoms. The summed E-state index contributed by atoms with van der Waals surface area (Å²) in [6.45, 7) is 0. The van der Waals surface area contributed by atoms with Gasteiger partial charge in [0.15, 0.2) is 0 Å². The normalized spacial score (nSPS) is 6.73. The van der Waals surface area contributed by atoms with Gasteiger partial charge >= 0.3 is 17.1 Å². The van der Waals surface area contributed by atoms with Crippen LogP contribution in [0.3, 0.4) is 0 Å². The van der Waals surface area contributed by atoms with Crippen molar-refractivity contribution in [3.8, 4) is 0 Å². The minimum atomic E-state index is -1.13. The fourth-order valence-electron chi connectivity index (χ4n) is 0. The number of carboxylic acids is 2. The third-order valence-corrected chi connectivity index (χ3v) is 0.775. The molecule has 0 aliphatic heterocycles. The summed E-state index contributed by atoms with van der Waals surface area (Å²) < 4.78 is 0. The fourth-order valence-corrected chi connectivity index (χ4v) is 0. The predicted molar refractivity (Wildman–Crippen MR) is 37.7 cm³/mol. The molecule has 0 bridgehead atoms. The Balaban J connectivity index is -0.000000107. The van der Waals surface area contributed by atoms with E-state index in [1.54, 1.807) is 0 Å². The molecule has 0 aromatic heterocycles. The third-order valence-electron chi connectivity index (χ3n) is 0.258. The number of thiol groups is 2. The van der Waals surface area contributed by atoms with Crippen LogP contribution in [-0.2, 0) is 26.7 Å². The van der Waals surface area contributed by atoms with Gasteiger partial charge in [-0.25, -0.2) is 0 Å². The molecular weight excluding hydrogens is 231 g/mol. The minimum Gasteiger partial charge on any atom is -0.549 e. The minimum absolute atomic E-state index is 0. The van der Waals surface area contributed by atoms with Crippen molar-refractivity contribution >= 4 is 37.2 Å². The summed E-state index contributed by atoms with van der Waals surface area (Å²) in [7, 11) is 0. The predicted octanol–water partition coefficient (Wildman–Crippen LogP) is -2.67. The summed E-state index contributed by atoms with van der Waals surface area (Å²) in [5.74, 6) is -2.65. The van der Waals surface area contributed by atoms with Crippen LogP contribution in [-0.4, -0.2) is 23.4 Å². The molecule has 0 aromatic carbocycles. The standard InChI is InChI=1S/2C2H4O2S.Mn/c2*3-2(4)1-5;/h2*5H,1H2,(H,3,4);/q;;+2/p-2. The zero-order chi connectivity index (χ0) is 8.57. The second-order valence-electron chi connectivity index (χ2n) is 1.06. The number of aliphatic carboxylic acids is 2. The van der Waals surface area contributed by atoms with Crippen molar-refractivity contribution in [1.82, 2.24) is 0 Å². The van der Waals surface area contributed by atoms with Crippen LogP contribution in [0, 0.1) is 0 Å². The largest absolute Gasteiger partial charge is 2.00 e. The average molecular weight is 237 g/mol. The molecular formula is C4H6MnO4S2. The molecule has 11 heavy (non-hydrogen) atoms. The Morgan fingerprint density at radius 2 is 1.09 bits per heavy atom. The Morgan fingerprint density at radius 1 is 1.00 bits per heavy atom. The van der Waals surface area contributed by atoms with E-state index in [1.807, 2.05) is 0 Å². The first-order chi connectivity index (χ1) is 4.54. The Morgan fingerprint density at radius 3 is 1.09 bits per heavy atom. The molecule has 0 saturated heterocycles. The Hall–Kier alpha value is 0.159. The van der Waals surface area contributed by atoms with Crippen molar-refractivity contribution in [1.29, 1.82) is 0 Å². The summed E-state index contributed by atoms with van der Waals surface area (Å²) in [5, 5.41) is 18.4. The molecule has 1 radical (unpaired) electrons. The number of carboxylic acid groups (broad SMARTS) is 2. The van der Waals surface area contributed by atoms with Gasteiger partial charge in [-0.3, -0.25) is 0 Å². The van der Waals surface area contributed by atoms with Gasteiger partial charge in [0.25, 0.3) is 0 Å². The second kappa shape index (κ2) is 12.8. The molecule has 0 heterocycles. The average Bonchev–Trinajstić information content (AvgIpc) is 1.89. The van der Waals surface area contributed by atoms with Gasteiger partial charge in [-0.1, -0.05) is 0 Å². The number of rotatable bonds is 2. The van der Waals surface area contributed by atoms with Gasteiger partial charge in [0, 0.05) is 11.5 Å². The number of carbonyl (C=O) groups is 2. The van der Waals surface area contributed by atoms with Crippen molar-refractivity contribution in [3.05, 3.63) is 0 Å². The zero-order valence-corrected chi connectivity index (χ0v) is 8.29. The molecule has 0 aromatic rings. The molecule has 4 nitrogen and oxygen atoms in total. The van der Waals surface area contributed by atoms with Crippen molar-refractivity contribution < 1.29 is 36.9 Å². The van der Waals surface area contributed by atoms with Gasteiger partial charge in [-0.05, 0) is 0 Å². The van der Waals surface area contributed by atoms with Gasteiger partial charge < -0.3 is 19.8 Å². The van der Waals surface area contributed by atoms with E-state index in [0.29, 0.717) is 0 Å². The van der Waals surface area contributed by atoms with Gasteiger partial charge in [0.1, 0.15) is 0 Å². The molecule has 0 aliphatic rings. The molecule has 0 rings (SSSR count). The van der Waals surface area contributed by atoms with Gasteiger partial charge in [-0.15, -0.1) is 0 Å². The number of hydrogen-bond donors (Lipinski definition) is 2. The van der Waals surface area contributed by atoms with Gasteiger partial charge in [-0.2, -0.15) is 25.3 Å². The first-order valence-electron chi connectivity index (χ1n) is 2.16. The van der Waals surface area contributed by atoms with Crippen LogP contribution in [0.5, 0.6) is 0 Å². The van der Waals surface area contributed by atoms with Crippen LogP contribution in [0.15, 0.2) is 0 Å². The maximum absolute atomic E-state index is 9.18. The summed E-state index contributed by atoms with van der Waals surface area (Å²) in [4.78, 5) is 18.4. The van der Waals surface area contributed by atoms with Crippen LogP contribution in [0.25, 0.3) is 0 Å². The molecule has 0 aliphatic carbocycles. The van der Waals surface area contributed by atoms with Crippen molar-refractivity contribution in [2.24, 2.45) is 0 Å². The van der Waals surface area contributed by atoms with E-state index < -0.39 is 11.9 Å². The van der Waals surface area contributed by atoms with Crippen LogP contribution in [0.2, 0.25) is 0 Å². The second-order valence-corrected chi connectivity index (χ2v) is 1.69. The van der Waals surface area contributed by atoms with E-state index in [9.17, 15) is 19.8 Å². The molecule has 0 fully saturated rings.